The number of hydrogen-bond donors (Lipinski definition) is 3. The standard InChI is InChI=1S/C15H19N5O2/c21-12-3-1-2-11(8-12)15(22)17-9-13-18-14(20-19-13)10-4-6-16-7-5-10/h4-7,11-12,21H,1-3,8-9H2,(H,17,22)(H,18,19,20)/t11-,12+/m1/s1. The molecule has 1 fully saturated rings. The van der Waals surface area contributed by atoms with Crippen LogP contribution in [0.25, 0.3) is 11.4 Å². The van der Waals surface area contributed by atoms with E-state index in [1.165, 1.54) is 0 Å². The Balaban J connectivity index is 1.56. The molecule has 3 N–H and O–H groups in total. The van der Waals surface area contributed by atoms with E-state index in [1.54, 1.807) is 12.4 Å². The highest BCUT2D eigenvalue weighted by molar-refractivity contribution is 5.78. The van der Waals surface area contributed by atoms with Crippen LogP contribution in [0.2, 0.25) is 0 Å². The van der Waals surface area contributed by atoms with Crippen molar-refractivity contribution in [3.05, 3.63) is 30.4 Å². The van der Waals surface area contributed by atoms with Crippen molar-refractivity contribution in [1.29, 1.82) is 0 Å². The summed E-state index contributed by atoms with van der Waals surface area (Å²) in [7, 11) is 0. The molecule has 0 bridgehead atoms. The van der Waals surface area contributed by atoms with Gasteiger partial charge in [-0.1, -0.05) is 6.42 Å². The van der Waals surface area contributed by atoms with E-state index in [4.69, 9.17) is 0 Å². The van der Waals surface area contributed by atoms with Gasteiger partial charge in [0.25, 0.3) is 0 Å². The molecule has 3 rings (SSSR count). The predicted octanol–water partition coefficient (Wildman–Crippen LogP) is 1.03. The van der Waals surface area contributed by atoms with E-state index >= 15 is 0 Å². The summed E-state index contributed by atoms with van der Waals surface area (Å²) in [6, 6.07) is 3.66. The first kappa shape index (κ1) is 14.6. The Hall–Kier alpha value is -2.28. The van der Waals surface area contributed by atoms with Crippen molar-refractivity contribution in [2.75, 3.05) is 0 Å². The first-order valence-electron chi connectivity index (χ1n) is 7.50. The fourth-order valence-corrected chi connectivity index (χ4v) is 2.72. The third-order valence-electron chi connectivity index (χ3n) is 3.92. The van der Waals surface area contributed by atoms with Crippen molar-refractivity contribution < 1.29 is 9.90 Å². The maximum absolute atomic E-state index is 12.1. The van der Waals surface area contributed by atoms with Crippen LogP contribution in [0.15, 0.2) is 24.5 Å². The number of carbonyl (C=O) groups is 1. The van der Waals surface area contributed by atoms with Gasteiger partial charge < -0.3 is 10.4 Å². The molecular weight excluding hydrogens is 282 g/mol. The van der Waals surface area contributed by atoms with Crippen LogP contribution in [0.1, 0.15) is 31.5 Å². The quantitative estimate of drug-likeness (QED) is 0.782. The monoisotopic (exact) mass is 301 g/mol. The molecule has 2 aromatic rings. The second-order valence-electron chi connectivity index (χ2n) is 5.58. The highest BCUT2D eigenvalue weighted by Crippen LogP contribution is 2.24. The molecule has 2 aromatic heterocycles. The van der Waals surface area contributed by atoms with E-state index in [0.29, 0.717) is 24.6 Å². The fraction of sp³-hybridized carbons (Fsp3) is 0.467. The Kier molecular flexibility index (Phi) is 4.43. The molecule has 0 aliphatic heterocycles. The van der Waals surface area contributed by atoms with Gasteiger partial charge in [0.05, 0.1) is 12.6 Å². The van der Waals surface area contributed by atoms with Crippen LogP contribution in [0.4, 0.5) is 0 Å². The van der Waals surface area contributed by atoms with Gasteiger partial charge in [0, 0.05) is 23.9 Å². The van der Waals surface area contributed by atoms with Gasteiger partial charge in [-0.2, -0.15) is 5.10 Å². The summed E-state index contributed by atoms with van der Waals surface area (Å²) in [5.74, 6) is 1.06. The number of carbonyl (C=O) groups excluding carboxylic acids is 1. The second kappa shape index (κ2) is 6.65. The van der Waals surface area contributed by atoms with Crippen molar-refractivity contribution in [3.63, 3.8) is 0 Å². The summed E-state index contributed by atoms with van der Waals surface area (Å²) >= 11 is 0. The number of amides is 1. The molecule has 2 atom stereocenters. The number of nitrogens with one attached hydrogen (secondary N) is 2. The minimum Gasteiger partial charge on any atom is -0.393 e. The summed E-state index contributed by atoms with van der Waals surface area (Å²) in [6.45, 7) is 0.309. The number of aliphatic hydroxyl groups excluding tert-OH is 1. The molecular formula is C15H19N5O2. The lowest BCUT2D eigenvalue weighted by Gasteiger charge is -2.24. The minimum absolute atomic E-state index is 0.0272. The Morgan fingerprint density at radius 1 is 1.36 bits per heavy atom. The van der Waals surface area contributed by atoms with E-state index < -0.39 is 0 Å². The topological polar surface area (TPSA) is 104 Å². The lowest BCUT2D eigenvalue weighted by atomic mass is 9.87. The maximum atomic E-state index is 12.1. The van der Waals surface area contributed by atoms with Crippen molar-refractivity contribution in [3.8, 4) is 11.4 Å². The zero-order chi connectivity index (χ0) is 15.4. The van der Waals surface area contributed by atoms with Crippen molar-refractivity contribution in [2.45, 2.75) is 38.3 Å². The molecule has 0 saturated heterocycles. The van der Waals surface area contributed by atoms with Gasteiger partial charge in [-0.25, -0.2) is 4.98 Å². The first-order valence-corrected chi connectivity index (χ1v) is 7.50. The predicted molar refractivity (Wildman–Crippen MR) is 79.4 cm³/mol. The highest BCUT2D eigenvalue weighted by atomic mass is 16.3. The molecule has 7 heteroatoms. The summed E-state index contributed by atoms with van der Waals surface area (Å²) < 4.78 is 0. The molecule has 0 aromatic carbocycles. The maximum Gasteiger partial charge on any atom is 0.223 e. The van der Waals surface area contributed by atoms with E-state index in [9.17, 15) is 9.90 Å². The number of rotatable bonds is 4. The lowest BCUT2D eigenvalue weighted by molar-refractivity contribution is -0.127. The van der Waals surface area contributed by atoms with Crippen LogP contribution < -0.4 is 5.32 Å². The van der Waals surface area contributed by atoms with E-state index in [0.717, 1.165) is 24.8 Å². The molecule has 0 unspecified atom stereocenters. The third-order valence-corrected chi connectivity index (χ3v) is 3.92. The molecule has 116 valence electrons. The molecule has 22 heavy (non-hydrogen) atoms. The van der Waals surface area contributed by atoms with Gasteiger partial charge in [-0.15, -0.1) is 0 Å². The van der Waals surface area contributed by atoms with Gasteiger partial charge in [0.1, 0.15) is 5.82 Å². The SMILES string of the molecule is O=C(NCc1nc(-c2ccncc2)n[nH]1)[C@@H]1CCC[C@H](O)C1. The van der Waals surface area contributed by atoms with Crippen LogP contribution in [0.5, 0.6) is 0 Å². The lowest BCUT2D eigenvalue weighted by Crippen LogP contribution is -2.35. The smallest absolute Gasteiger partial charge is 0.223 e. The molecule has 2 heterocycles. The average molecular weight is 301 g/mol. The average Bonchev–Trinajstić information content (AvgIpc) is 3.02. The molecule has 7 nitrogen and oxygen atoms in total. The molecule has 1 amide bonds. The van der Waals surface area contributed by atoms with E-state index in [-0.39, 0.29) is 17.9 Å². The van der Waals surface area contributed by atoms with Gasteiger partial charge in [0.2, 0.25) is 5.91 Å². The number of H-pyrrole nitrogens is 1. The van der Waals surface area contributed by atoms with Crippen molar-refractivity contribution in [2.24, 2.45) is 5.92 Å². The Bertz CT molecular complexity index is 628. The highest BCUT2D eigenvalue weighted by Gasteiger charge is 2.25. The van der Waals surface area contributed by atoms with Gasteiger partial charge >= 0.3 is 0 Å². The summed E-state index contributed by atoms with van der Waals surface area (Å²) in [4.78, 5) is 20.4. The number of hydrogen-bond acceptors (Lipinski definition) is 5. The van der Waals surface area contributed by atoms with Crippen LogP contribution in [0.3, 0.4) is 0 Å². The zero-order valence-electron chi connectivity index (χ0n) is 12.2. The van der Waals surface area contributed by atoms with Gasteiger partial charge in [-0.05, 0) is 31.4 Å². The Morgan fingerprint density at radius 2 is 2.18 bits per heavy atom. The first-order chi connectivity index (χ1) is 10.7. The second-order valence-corrected chi connectivity index (χ2v) is 5.58. The van der Waals surface area contributed by atoms with Crippen molar-refractivity contribution >= 4 is 5.91 Å². The largest absolute Gasteiger partial charge is 0.393 e. The molecule has 1 saturated carbocycles. The van der Waals surface area contributed by atoms with Crippen LogP contribution in [-0.2, 0) is 11.3 Å². The third kappa shape index (κ3) is 3.48. The van der Waals surface area contributed by atoms with Gasteiger partial charge in [0.15, 0.2) is 5.82 Å². The summed E-state index contributed by atoms with van der Waals surface area (Å²) in [5, 5.41) is 19.4. The number of aliphatic hydroxyl groups is 1. The Labute approximate surface area is 128 Å². The normalized spacial score (nSPS) is 21.5. The number of aromatic amines is 1. The number of pyridine rings is 1. The van der Waals surface area contributed by atoms with Crippen LogP contribution in [0, 0.1) is 5.92 Å². The molecule has 1 aliphatic rings. The molecule has 0 radical (unpaired) electrons. The van der Waals surface area contributed by atoms with Crippen LogP contribution >= 0.6 is 0 Å². The van der Waals surface area contributed by atoms with E-state index in [2.05, 4.69) is 25.5 Å². The zero-order valence-corrected chi connectivity index (χ0v) is 12.2. The fourth-order valence-electron chi connectivity index (χ4n) is 2.72. The molecule has 0 spiro atoms. The van der Waals surface area contributed by atoms with Gasteiger partial charge in [-0.3, -0.25) is 14.9 Å². The number of aromatic nitrogens is 4. The van der Waals surface area contributed by atoms with Crippen molar-refractivity contribution in [1.82, 2.24) is 25.5 Å². The minimum atomic E-state index is -0.354. The molecule has 1 aliphatic carbocycles. The van der Waals surface area contributed by atoms with Crippen LogP contribution in [-0.4, -0.2) is 37.3 Å². The number of nitrogens with zero attached hydrogens (tertiary/aromatic N) is 3. The Morgan fingerprint density at radius 3 is 2.95 bits per heavy atom. The van der Waals surface area contributed by atoms with E-state index in [1.807, 2.05) is 12.1 Å². The summed E-state index contributed by atoms with van der Waals surface area (Å²) in [5.41, 5.74) is 0.874. The summed E-state index contributed by atoms with van der Waals surface area (Å²) in [6.07, 6.45) is 6.08.